The van der Waals surface area contributed by atoms with Gasteiger partial charge < -0.3 is 19.4 Å². The average Bonchev–Trinajstić information content (AvgIpc) is 3.12. The van der Waals surface area contributed by atoms with Crippen molar-refractivity contribution < 1.29 is 9.53 Å². The van der Waals surface area contributed by atoms with E-state index in [1.165, 1.54) is 0 Å². The summed E-state index contributed by atoms with van der Waals surface area (Å²) >= 11 is 6.27. The third kappa shape index (κ3) is 4.49. The van der Waals surface area contributed by atoms with E-state index in [-0.39, 0.29) is 18.2 Å². The van der Waals surface area contributed by atoms with Gasteiger partial charge in [-0.2, -0.15) is 0 Å². The number of hydrogen-bond donors (Lipinski definition) is 0. The zero-order valence-corrected chi connectivity index (χ0v) is 21.7. The Morgan fingerprint density at radius 1 is 1.11 bits per heavy atom. The summed E-state index contributed by atoms with van der Waals surface area (Å²) < 4.78 is 7.65. The number of pyridine rings is 1. The number of piperazine rings is 1. The topological polar surface area (TPSA) is 79.6 Å². The number of hydrogen-bond acceptors (Lipinski definition) is 7. The number of anilines is 2. The molecule has 0 radical (unpaired) electrons. The summed E-state index contributed by atoms with van der Waals surface area (Å²) in [6, 6.07) is 3.62. The fourth-order valence-corrected chi connectivity index (χ4v) is 4.89. The first-order chi connectivity index (χ1) is 16.6. The maximum absolute atomic E-state index is 12.8. The van der Waals surface area contributed by atoms with Gasteiger partial charge in [0.1, 0.15) is 23.6 Å². The minimum Gasteiger partial charge on any atom is -0.444 e. The highest BCUT2D eigenvalue weighted by Gasteiger charge is 2.37. The van der Waals surface area contributed by atoms with E-state index in [9.17, 15) is 4.79 Å². The van der Waals surface area contributed by atoms with E-state index < -0.39 is 5.60 Å². The van der Waals surface area contributed by atoms with Gasteiger partial charge in [0, 0.05) is 61.7 Å². The first-order valence-electron chi connectivity index (χ1n) is 12.1. The van der Waals surface area contributed by atoms with E-state index in [0.717, 1.165) is 47.9 Å². The summed E-state index contributed by atoms with van der Waals surface area (Å²) in [4.78, 5) is 33.3. The van der Waals surface area contributed by atoms with Gasteiger partial charge in [0.05, 0.1) is 11.1 Å². The summed E-state index contributed by atoms with van der Waals surface area (Å²) in [6.45, 7) is 13.0. The van der Waals surface area contributed by atoms with Crippen molar-refractivity contribution in [1.82, 2.24) is 24.4 Å². The molecule has 1 unspecified atom stereocenters. The maximum Gasteiger partial charge on any atom is 0.410 e. The van der Waals surface area contributed by atoms with Crippen molar-refractivity contribution in [1.29, 1.82) is 0 Å². The minimum absolute atomic E-state index is 0.0322. The summed E-state index contributed by atoms with van der Waals surface area (Å²) in [5.74, 6) is 1.59. The van der Waals surface area contributed by atoms with Gasteiger partial charge in [-0.1, -0.05) is 11.6 Å². The molecule has 5 heterocycles. The fraction of sp³-hybridized carbons (Fsp3) is 0.520. The Morgan fingerprint density at radius 3 is 2.54 bits per heavy atom. The number of nitrogens with zero attached hydrogens (tertiary/aromatic N) is 7. The molecule has 186 valence electrons. The Morgan fingerprint density at radius 2 is 1.89 bits per heavy atom. The lowest BCUT2D eigenvalue weighted by Gasteiger charge is -2.45. The van der Waals surface area contributed by atoms with Gasteiger partial charge in [0.25, 0.3) is 0 Å². The number of aromatic nitrogens is 4. The van der Waals surface area contributed by atoms with E-state index in [4.69, 9.17) is 21.3 Å². The van der Waals surface area contributed by atoms with E-state index in [0.29, 0.717) is 18.1 Å². The summed E-state index contributed by atoms with van der Waals surface area (Å²) in [5, 5.41) is 1.62. The summed E-state index contributed by atoms with van der Waals surface area (Å²) in [6.07, 6.45) is 6.28. The van der Waals surface area contributed by atoms with Crippen LogP contribution in [0.15, 0.2) is 30.9 Å². The van der Waals surface area contributed by atoms with Crippen LogP contribution in [0.3, 0.4) is 0 Å². The highest BCUT2D eigenvalue weighted by molar-refractivity contribution is 6.30. The minimum atomic E-state index is -0.528. The lowest BCUT2D eigenvalue weighted by molar-refractivity contribution is 0.0130. The number of amides is 1. The van der Waals surface area contributed by atoms with Crippen LogP contribution in [-0.4, -0.2) is 74.4 Å². The van der Waals surface area contributed by atoms with Crippen LogP contribution in [0.2, 0.25) is 5.02 Å². The van der Waals surface area contributed by atoms with Crippen LogP contribution >= 0.6 is 11.6 Å². The summed E-state index contributed by atoms with van der Waals surface area (Å²) in [5.41, 5.74) is 1.36. The van der Waals surface area contributed by atoms with Crippen LogP contribution < -0.4 is 9.80 Å². The van der Waals surface area contributed by atoms with Gasteiger partial charge >= 0.3 is 6.09 Å². The Bertz CT molecular complexity index is 1250. The Kier molecular flexibility index (Phi) is 5.99. The zero-order valence-electron chi connectivity index (χ0n) is 20.9. The number of halogens is 1. The molecule has 3 aromatic rings. The largest absolute Gasteiger partial charge is 0.444 e. The molecule has 2 atom stereocenters. The Balaban J connectivity index is 1.54. The number of carbonyl (C=O) groups is 1. The van der Waals surface area contributed by atoms with Gasteiger partial charge in [-0.05, 0) is 47.1 Å². The number of rotatable bonds is 3. The first-order valence-corrected chi connectivity index (χ1v) is 12.5. The van der Waals surface area contributed by atoms with Crippen molar-refractivity contribution in [3.63, 3.8) is 0 Å². The molecule has 2 aliphatic heterocycles. The molecule has 3 aromatic heterocycles. The molecule has 0 N–H and O–H groups in total. The van der Waals surface area contributed by atoms with Crippen LogP contribution in [0.1, 0.15) is 41.0 Å². The SMILES string of the molecule is CC1CN(C(=O)OC(C)(C)C)[C@@H](C)CN1c1ncnc2c1c(N1CCC1)cn2-c1cc(Cl)ccn1. The van der Waals surface area contributed by atoms with Crippen molar-refractivity contribution in [2.75, 3.05) is 36.0 Å². The maximum atomic E-state index is 12.8. The lowest BCUT2D eigenvalue weighted by Crippen LogP contribution is -2.59. The number of ether oxygens (including phenoxy) is 1. The van der Waals surface area contributed by atoms with E-state index in [1.807, 2.05) is 36.3 Å². The van der Waals surface area contributed by atoms with Crippen molar-refractivity contribution in [2.24, 2.45) is 0 Å². The molecular formula is C25H32ClN7O2. The van der Waals surface area contributed by atoms with Gasteiger partial charge in [0.2, 0.25) is 0 Å². The van der Waals surface area contributed by atoms with Crippen LogP contribution in [0, 0.1) is 0 Å². The molecule has 0 bridgehead atoms. The quantitative estimate of drug-likeness (QED) is 0.526. The van der Waals surface area contributed by atoms with Crippen molar-refractivity contribution in [3.05, 3.63) is 35.9 Å². The van der Waals surface area contributed by atoms with Crippen LogP contribution in [-0.2, 0) is 4.74 Å². The second-order valence-corrected chi connectivity index (χ2v) is 10.9. The van der Waals surface area contributed by atoms with Crippen LogP contribution in [0.4, 0.5) is 16.3 Å². The molecule has 0 aliphatic carbocycles. The molecule has 0 saturated carbocycles. The molecule has 10 heteroatoms. The van der Waals surface area contributed by atoms with Crippen LogP contribution in [0.25, 0.3) is 16.9 Å². The van der Waals surface area contributed by atoms with Gasteiger partial charge in [-0.15, -0.1) is 0 Å². The van der Waals surface area contributed by atoms with E-state index in [1.54, 1.807) is 18.6 Å². The lowest BCUT2D eigenvalue weighted by atomic mass is 10.1. The van der Waals surface area contributed by atoms with Gasteiger partial charge in [-0.3, -0.25) is 4.57 Å². The van der Waals surface area contributed by atoms with E-state index in [2.05, 4.69) is 39.8 Å². The fourth-order valence-electron chi connectivity index (χ4n) is 4.74. The van der Waals surface area contributed by atoms with Crippen molar-refractivity contribution in [2.45, 2.75) is 58.7 Å². The normalized spacial score (nSPS) is 20.8. The molecule has 0 spiro atoms. The zero-order chi connectivity index (χ0) is 24.9. The highest BCUT2D eigenvalue weighted by atomic mass is 35.5. The van der Waals surface area contributed by atoms with Gasteiger partial charge in [0.15, 0.2) is 5.65 Å². The molecule has 5 rings (SSSR count). The number of carbonyl (C=O) groups excluding carboxylic acids is 1. The Labute approximate surface area is 210 Å². The second kappa shape index (κ2) is 8.86. The van der Waals surface area contributed by atoms with Crippen molar-refractivity contribution >= 4 is 40.2 Å². The third-order valence-electron chi connectivity index (χ3n) is 6.58. The molecule has 9 nitrogen and oxygen atoms in total. The Hall–Kier alpha value is -3.07. The predicted octanol–water partition coefficient (Wildman–Crippen LogP) is 4.51. The smallest absolute Gasteiger partial charge is 0.410 e. The molecule has 35 heavy (non-hydrogen) atoms. The van der Waals surface area contributed by atoms with Gasteiger partial charge in [-0.25, -0.2) is 19.7 Å². The molecule has 2 saturated heterocycles. The summed E-state index contributed by atoms with van der Waals surface area (Å²) in [7, 11) is 0. The predicted molar refractivity (Wildman–Crippen MR) is 138 cm³/mol. The molecular weight excluding hydrogens is 466 g/mol. The monoisotopic (exact) mass is 497 g/mol. The van der Waals surface area contributed by atoms with Crippen LogP contribution in [0.5, 0.6) is 0 Å². The average molecular weight is 498 g/mol. The molecule has 1 amide bonds. The van der Waals surface area contributed by atoms with Crippen molar-refractivity contribution in [3.8, 4) is 5.82 Å². The van der Waals surface area contributed by atoms with E-state index >= 15 is 0 Å². The first kappa shape index (κ1) is 23.7. The standard InChI is InChI=1S/C25H32ClN7O2/c1-16-13-32(24(34)35-25(3,4)5)17(2)12-31(16)22-21-19(30-9-6-10-30)14-33(23(21)29-15-28-22)20-11-18(26)7-8-27-20/h7-8,11,14-17H,6,9-10,12-13H2,1-5H3/t16?,17-/m0/s1. The number of fused-ring (bicyclic) bond motifs is 1. The second-order valence-electron chi connectivity index (χ2n) is 10.4. The highest BCUT2D eigenvalue weighted by Crippen LogP contribution is 2.39. The molecule has 0 aromatic carbocycles. The third-order valence-corrected chi connectivity index (χ3v) is 6.82. The molecule has 2 fully saturated rings. The molecule has 2 aliphatic rings.